The highest BCUT2D eigenvalue weighted by Gasteiger charge is 2.22. The number of halogens is 1. The number of fused-ring (bicyclic) bond motifs is 1. The molecule has 4 heteroatoms. The zero-order valence-electron chi connectivity index (χ0n) is 7.21. The lowest BCUT2D eigenvalue weighted by Gasteiger charge is -2.09. The van der Waals surface area contributed by atoms with Crippen molar-refractivity contribution in [2.75, 3.05) is 6.79 Å². The van der Waals surface area contributed by atoms with Crippen LogP contribution in [0.3, 0.4) is 0 Å². The highest BCUT2D eigenvalue weighted by atomic mass is 79.9. The Kier molecular flexibility index (Phi) is 2.17. The van der Waals surface area contributed by atoms with E-state index in [0.29, 0.717) is 0 Å². The SMILES string of the molecule is CC(N)c1ccc(Br)c2c1OCO2. The molecule has 0 bridgehead atoms. The molecule has 0 aromatic heterocycles. The van der Waals surface area contributed by atoms with Crippen molar-refractivity contribution in [2.45, 2.75) is 13.0 Å². The van der Waals surface area contributed by atoms with Crippen LogP contribution in [-0.4, -0.2) is 6.79 Å². The largest absolute Gasteiger partial charge is 0.453 e. The topological polar surface area (TPSA) is 44.5 Å². The zero-order valence-corrected chi connectivity index (χ0v) is 8.80. The fraction of sp³-hybridized carbons (Fsp3) is 0.333. The van der Waals surface area contributed by atoms with Crippen molar-refractivity contribution in [3.63, 3.8) is 0 Å². The quantitative estimate of drug-likeness (QED) is 0.823. The Morgan fingerprint density at radius 3 is 2.77 bits per heavy atom. The third-order valence-corrected chi connectivity index (χ3v) is 2.62. The molecule has 70 valence electrons. The van der Waals surface area contributed by atoms with Crippen molar-refractivity contribution >= 4 is 15.9 Å². The molecule has 13 heavy (non-hydrogen) atoms. The van der Waals surface area contributed by atoms with Crippen molar-refractivity contribution in [3.05, 3.63) is 22.2 Å². The zero-order chi connectivity index (χ0) is 9.42. The van der Waals surface area contributed by atoms with Gasteiger partial charge in [0.25, 0.3) is 0 Å². The van der Waals surface area contributed by atoms with Crippen LogP contribution in [0.1, 0.15) is 18.5 Å². The fourth-order valence-corrected chi connectivity index (χ4v) is 1.77. The molecule has 1 aliphatic heterocycles. The van der Waals surface area contributed by atoms with Crippen molar-refractivity contribution in [2.24, 2.45) is 5.73 Å². The lowest BCUT2D eigenvalue weighted by Crippen LogP contribution is -2.06. The predicted molar refractivity (Wildman–Crippen MR) is 52.9 cm³/mol. The lowest BCUT2D eigenvalue weighted by molar-refractivity contribution is 0.172. The number of hydrogen-bond acceptors (Lipinski definition) is 3. The van der Waals surface area contributed by atoms with Gasteiger partial charge in [-0.15, -0.1) is 0 Å². The number of ether oxygens (including phenoxy) is 2. The first kappa shape index (κ1) is 8.84. The summed E-state index contributed by atoms with van der Waals surface area (Å²) in [4.78, 5) is 0. The minimum absolute atomic E-state index is 0.0384. The Bertz CT molecular complexity index is 339. The summed E-state index contributed by atoms with van der Waals surface area (Å²) in [6, 6.07) is 3.83. The number of benzene rings is 1. The first-order valence-corrected chi connectivity index (χ1v) is 4.83. The van der Waals surface area contributed by atoms with E-state index in [1.807, 2.05) is 19.1 Å². The Labute approximate surface area is 85.0 Å². The summed E-state index contributed by atoms with van der Waals surface area (Å²) >= 11 is 3.38. The van der Waals surface area contributed by atoms with Gasteiger partial charge in [0, 0.05) is 11.6 Å². The van der Waals surface area contributed by atoms with E-state index in [1.54, 1.807) is 0 Å². The van der Waals surface area contributed by atoms with E-state index >= 15 is 0 Å². The van der Waals surface area contributed by atoms with E-state index in [1.165, 1.54) is 0 Å². The van der Waals surface area contributed by atoms with Gasteiger partial charge in [-0.25, -0.2) is 0 Å². The maximum atomic E-state index is 5.79. The first-order chi connectivity index (χ1) is 6.20. The van der Waals surface area contributed by atoms with Gasteiger partial charge >= 0.3 is 0 Å². The third-order valence-electron chi connectivity index (χ3n) is 1.99. The van der Waals surface area contributed by atoms with Crippen molar-refractivity contribution < 1.29 is 9.47 Å². The summed E-state index contributed by atoms with van der Waals surface area (Å²) in [7, 11) is 0. The predicted octanol–water partition coefficient (Wildman–Crippen LogP) is 2.20. The van der Waals surface area contributed by atoms with Crippen LogP contribution in [0.25, 0.3) is 0 Å². The van der Waals surface area contributed by atoms with E-state index < -0.39 is 0 Å². The molecule has 0 fully saturated rings. The summed E-state index contributed by atoms with van der Waals surface area (Å²) in [5.74, 6) is 1.53. The lowest BCUT2D eigenvalue weighted by atomic mass is 10.1. The highest BCUT2D eigenvalue weighted by molar-refractivity contribution is 9.10. The molecule has 1 unspecified atom stereocenters. The molecule has 1 atom stereocenters. The van der Waals surface area contributed by atoms with Crippen LogP contribution in [0.2, 0.25) is 0 Å². The van der Waals surface area contributed by atoms with Crippen LogP contribution >= 0.6 is 15.9 Å². The summed E-state index contributed by atoms with van der Waals surface area (Å²) in [6.07, 6.45) is 0. The van der Waals surface area contributed by atoms with Crippen LogP contribution in [-0.2, 0) is 0 Å². The van der Waals surface area contributed by atoms with Gasteiger partial charge in [0.15, 0.2) is 11.5 Å². The van der Waals surface area contributed by atoms with Crippen molar-refractivity contribution in [1.82, 2.24) is 0 Å². The summed E-state index contributed by atoms with van der Waals surface area (Å²) in [6.45, 7) is 2.20. The maximum Gasteiger partial charge on any atom is 0.231 e. The second-order valence-corrected chi connectivity index (χ2v) is 3.84. The second kappa shape index (κ2) is 3.20. The molecule has 0 amide bonds. The van der Waals surface area contributed by atoms with Gasteiger partial charge in [0.1, 0.15) is 0 Å². The Balaban J connectivity index is 2.56. The van der Waals surface area contributed by atoms with Gasteiger partial charge in [-0.05, 0) is 28.9 Å². The van der Waals surface area contributed by atoms with Gasteiger partial charge in [0.05, 0.1) is 4.47 Å². The fourth-order valence-electron chi connectivity index (χ4n) is 1.34. The van der Waals surface area contributed by atoms with Gasteiger partial charge in [-0.1, -0.05) is 6.07 Å². The molecule has 0 radical (unpaired) electrons. The van der Waals surface area contributed by atoms with Gasteiger partial charge < -0.3 is 15.2 Å². The van der Waals surface area contributed by atoms with Crippen molar-refractivity contribution in [3.8, 4) is 11.5 Å². The molecule has 2 N–H and O–H groups in total. The molecular formula is C9H10BrNO2. The normalized spacial score (nSPS) is 15.9. The Morgan fingerprint density at radius 2 is 2.08 bits per heavy atom. The monoisotopic (exact) mass is 243 g/mol. The second-order valence-electron chi connectivity index (χ2n) is 2.99. The van der Waals surface area contributed by atoms with E-state index in [4.69, 9.17) is 15.2 Å². The van der Waals surface area contributed by atoms with Crippen LogP contribution < -0.4 is 15.2 Å². The Hall–Kier alpha value is -0.740. The smallest absolute Gasteiger partial charge is 0.231 e. The molecule has 1 aliphatic rings. The maximum absolute atomic E-state index is 5.79. The molecule has 0 spiro atoms. The van der Waals surface area contributed by atoms with Crippen LogP contribution in [0, 0.1) is 0 Å². The molecule has 0 aliphatic carbocycles. The van der Waals surface area contributed by atoms with Gasteiger partial charge in [0.2, 0.25) is 6.79 Å². The Morgan fingerprint density at radius 1 is 1.38 bits per heavy atom. The summed E-state index contributed by atoms with van der Waals surface area (Å²) in [5, 5.41) is 0. The molecule has 1 aromatic carbocycles. The van der Waals surface area contributed by atoms with E-state index in [2.05, 4.69) is 15.9 Å². The van der Waals surface area contributed by atoms with Crippen molar-refractivity contribution in [1.29, 1.82) is 0 Å². The molecule has 3 nitrogen and oxygen atoms in total. The average molecular weight is 244 g/mol. The molecular weight excluding hydrogens is 234 g/mol. The standard InChI is InChI=1S/C9H10BrNO2/c1-5(11)6-2-3-7(10)9-8(6)12-4-13-9/h2-3,5H,4,11H2,1H3. The minimum atomic E-state index is -0.0384. The number of nitrogens with two attached hydrogens (primary N) is 1. The molecule has 2 rings (SSSR count). The first-order valence-electron chi connectivity index (χ1n) is 4.03. The molecule has 0 saturated carbocycles. The van der Waals surface area contributed by atoms with Crippen LogP contribution in [0.15, 0.2) is 16.6 Å². The van der Waals surface area contributed by atoms with Crippen LogP contribution in [0.5, 0.6) is 11.5 Å². The van der Waals surface area contributed by atoms with Gasteiger partial charge in [-0.2, -0.15) is 0 Å². The van der Waals surface area contributed by atoms with Gasteiger partial charge in [-0.3, -0.25) is 0 Å². The van der Waals surface area contributed by atoms with E-state index in [-0.39, 0.29) is 12.8 Å². The van der Waals surface area contributed by atoms with E-state index in [0.717, 1.165) is 21.5 Å². The summed E-state index contributed by atoms with van der Waals surface area (Å²) < 4.78 is 11.5. The number of hydrogen-bond donors (Lipinski definition) is 1. The van der Waals surface area contributed by atoms with E-state index in [9.17, 15) is 0 Å². The average Bonchev–Trinajstić information content (AvgIpc) is 2.53. The molecule has 1 aromatic rings. The minimum Gasteiger partial charge on any atom is -0.453 e. The highest BCUT2D eigenvalue weighted by Crippen LogP contribution is 2.43. The third kappa shape index (κ3) is 1.40. The molecule has 0 saturated heterocycles. The van der Waals surface area contributed by atoms with Crippen LogP contribution in [0.4, 0.5) is 0 Å². The summed E-state index contributed by atoms with van der Waals surface area (Å²) in [5.41, 5.74) is 6.77. The number of rotatable bonds is 1. The molecule has 1 heterocycles.